The maximum atomic E-state index is 13.2. The Kier molecular flexibility index (Phi) is 9.08. The van der Waals surface area contributed by atoms with Gasteiger partial charge in [0.15, 0.2) is 11.6 Å². The molecular weight excluding hydrogens is 532 g/mol. The summed E-state index contributed by atoms with van der Waals surface area (Å²) in [6.45, 7) is 13.5. The van der Waals surface area contributed by atoms with Crippen molar-refractivity contribution < 1.29 is 28.5 Å². The van der Waals surface area contributed by atoms with Crippen LogP contribution in [0, 0.1) is 0 Å². The number of benzene rings is 3. The van der Waals surface area contributed by atoms with Crippen LogP contribution in [0.2, 0.25) is 0 Å². The molecule has 8 nitrogen and oxygen atoms in total. The molecule has 3 aromatic rings. The highest BCUT2D eigenvalue weighted by molar-refractivity contribution is 6.03. The molecule has 0 atom stereocenters. The highest BCUT2D eigenvalue weighted by Crippen LogP contribution is 2.29. The quantitative estimate of drug-likeness (QED) is 0.280. The van der Waals surface area contributed by atoms with Gasteiger partial charge in [0, 0.05) is 37.3 Å². The smallest absolute Gasteiger partial charge is 0.182 e. The van der Waals surface area contributed by atoms with Crippen LogP contribution in [0.15, 0.2) is 72.8 Å². The molecule has 0 aromatic heterocycles. The largest absolute Gasteiger partial charge is 0.457 e. The van der Waals surface area contributed by atoms with Crippen LogP contribution in [0.25, 0.3) is 0 Å². The molecule has 0 saturated carbocycles. The van der Waals surface area contributed by atoms with E-state index in [1.165, 1.54) is 0 Å². The van der Waals surface area contributed by atoms with Crippen molar-refractivity contribution in [1.82, 2.24) is 9.80 Å². The summed E-state index contributed by atoms with van der Waals surface area (Å²) in [5.74, 6) is 2.75. The number of carbonyl (C=O) groups excluding carboxylic acids is 2. The Morgan fingerprint density at radius 2 is 0.786 bits per heavy atom. The van der Waals surface area contributed by atoms with Crippen molar-refractivity contribution in [2.45, 2.75) is 38.8 Å². The molecule has 222 valence electrons. The molecular formula is C34H40N2O6. The fourth-order valence-electron chi connectivity index (χ4n) is 5.43. The van der Waals surface area contributed by atoms with Crippen LogP contribution in [0.3, 0.4) is 0 Å². The van der Waals surface area contributed by atoms with Crippen LogP contribution in [-0.4, -0.2) is 85.1 Å². The van der Waals surface area contributed by atoms with Crippen LogP contribution in [0.1, 0.15) is 48.4 Å². The molecule has 0 amide bonds. The van der Waals surface area contributed by atoms with Gasteiger partial charge in [0.2, 0.25) is 0 Å². The number of nitrogens with zero attached hydrogens (tertiary/aromatic N) is 2. The number of ether oxygens (including phenoxy) is 4. The third-order valence-electron chi connectivity index (χ3n) is 8.24. The van der Waals surface area contributed by atoms with Crippen molar-refractivity contribution in [3.63, 3.8) is 0 Å². The molecule has 0 spiro atoms. The standard InChI is InChI=1S/C34H40N2O6/c1-33(2,35-17-21-39-22-18-35)31(37)25-5-9-27(10-6-25)41-29-13-15-30(16-14-29)42-28-11-7-26(8-12-28)32(38)34(3,4)36-19-23-40-24-20-36/h5-16H,17-24H2,1-4H3. The molecule has 42 heavy (non-hydrogen) atoms. The van der Waals surface area contributed by atoms with E-state index in [-0.39, 0.29) is 11.6 Å². The second kappa shape index (κ2) is 12.8. The lowest BCUT2D eigenvalue weighted by Crippen LogP contribution is -2.54. The maximum absolute atomic E-state index is 13.2. The van der Waals surface area contributed by atoms with E-state index < -0.39 is 11.1 Å². The Hall–Kier alpha value is -3.56. The van der Waals surface area contributed by atoms with Crippen LogP contribution >= 0.6 is 0 Å². The van der Waals surface area contributed by atoms with Gasteiger partial charge in [0.1, 0.15) is 23.0 Å². The van der Waals surface area contributed by atoms with Crippen LogP contribution in [0.5, 0.6) is 23.0 Å². The molecule has 2 fully saturated rings. The van der Waals surface area contributed by atoms with Gasteiger partial charge in [-0.1, -0.05) is 0 Å². The first-order valence-corrected chi connectivity index (χ1v) is 14.6. The minimum atomic E-state index is -0.600. The van der Waals surface area contributed by atoms with Gasteiger partial charge in [-0.05, 0) is 100 Å². The number of hydrogen-bond acceptors (Lipinski definition) is 8. The topological polar surface area (TPSA) is 77.5 Å². The number of rotatable bonds is 10. The minimum absolute atomic E-state index is 0.0793. The van der Waals surface area contributed by atoms with Crippen molar-refractivity contribution in [3.8, 4) is 23.0 Å². The van der Waals surface area contributed by atoms with Crippen molar-refractivity contribution in [3.05, 3.63) is 83.9 Å². The number of ketones is 2. The lowest BCUT2D eigenvalue weighted by Gasteiger charge is -2.39. The number of hydrogen-bond donors (Lipinski definition) is 0. The van der Waals surface area contributed by atoms with E-state index >= 15 is 0 Å². The first-order chi connectivity index (χ1) is 20.1. The normalized spacial score (nSPS) is 17.0. The molecule has 0 N–H and O–H groups in total. The lowest BCUT2D eigenvalue weighted by molar-refractivity contribution is -0.00443. The van der Waals surface area contributed by atoms with Gasteiger partial charge in [-0.15, -0.1) is 0 Å². The van der Waals surface area contributed by atoms with Gasteiger partial charge >= 0.3 is 0 Å². The van der Waals surface area contributed by atoms with E-state index in [9.17, 15) is 9.59 Å². The molecule has 2 aliphatic heterocycles. The molecule has 2 heterocycles. The number of morpholine rings is 2. The summed E-state index contributed by atoms with van der Waals surface area (Å²) in [4.78, 5) is 30.8. The predicted octanol–water partition coefficient (Wildman–Crippen LogP) is 5.86. The van der Waals surface area contributed by atoms with Crippen molar-refractivity contribution in [2.75, 3.05) is 52.6 Å². The zero-order chi connectivity index (χ0) is 29.7. The minimum Gasteiger partial charge on any atom is -0.457 e. The predicted molar refractivity (Wildman–Crippen MR) is 161 cm³/mol. The van der Waals surface area contributed by atoms with E-state index in [1.807, 2.05) is 100 Å². The fraction of sp³-hybridized carbons (Fsp3) is 0.412. The second-order valence-corrected chi connectivity index (χ2v) is 11.7. The van der Waals surface area contributed by atoms with Crippen LogP contribution < -0.4 is 9.47 Å². The Labute approximate surface area is 248 Å². The first-order valence-electron chi connectivity index (χ1n) is 14.6. The maximum Gasteiger partial charge on any atom is 0.182 e. The third kappa shape index (κ3) is 6.73. The van der Waals surface area contributed by atoms with Gasteiger partial charge in [-0.2, -0.15) is 0 Å². The summed E-state index contributed by atoms with van der Waals surface area (Å²) in [6, 6.07) is 21.8. The van der Waals surface area contributed by atoms with Gasteiger partial charge in [-0.3, -0.25) is 19.4 Å². The van der Waals surface area contributed by atoms with E-state index in [1.54, 1.807) is 0 Å². The Morgan fingerprint density at radius 1 is 0.524 bits per heavy atom. The summed E-state index contributed by atoms with van der Waals surface area (Å²) in [7, 11) is 0. The fourth-order valence-corrected chi connectivity index (χ4v) is 5.43. The Morgan fingerprint density at radius 3 is 1.07 bits per heavy atom. The van der Waals surface area contributed by atoms with Gasteiger partial charge in [0.25, 0.3) is 0 Å². The van der Waals surface area contributed by atoms with Crippen molar-refractivity contribution in [1.29, 1.82) is 0 Å². The molecule has 0 aliphatic carbocycles. The lowest BCUT2D eigenvalue weighted by atomic mass is 9.91. The first kappa shape index (κ1) is 29.9. The van der Waals surface area contributed by atoms with E-state index in [2.05, 4.69) is 9.80 Å². The van der Waals surface area contributed by atoms with Gasteiger partial charge in [-0.25, -0.2) is 0 Å². The molecule has 8 heteroatoms. The molecule has 3 aromatic carbocycles. The Bertz CT molecular complexity index is 1250. The molecule has 5 rings (SSSR count). The summed E-state index contributed by atoms with van der Waals surface area (Å²) in [6.07, 6.45) is 0. The van der Waals surface area contributed by atoms with E-state index in [4.69, 9.17) is 18.9 Å². The molecule has 0 radical (unpaired) electrons. The molecule has 2 saturated heterocycles. The third-order valence-corrected chi connectivity index (χ3v) is 8.24. The average Bonchev–Trinajstić information content (AvgIpc) is 3.03. The summed E-state index contributed by atoms with van der Waals surface area (Å²) < 4.78 is 22.9. The monoisotopic (exact) mass is 572 g/mol. The van der Waals surface area contributed by atoms with Gasteiger partial charge < -0.3 is 18.9 Å². The summed E-state index contributed by atoms with van der Waals surface area (Å²) in [5, 5.41) is 0. The summed E-state index contributed by atoms with van der Waals surface area (Å²) in [5.41, 5.74) is 0.106. The molecule has 0 bridgehead atoms. The second-order valence-electron chi connectivity index (χ2n) is 11.7. The average molecular weight is 573 g/mol. The molecule has 0 unspecified atom stereocenters. The summed E-state index contributed by atoms with van der Waals surface area (Å²) >= 11 is 0. The van der Waals surface area contributed by atoms with E-state index in [0.29, 0.717) is 60.6 Å². The number of Topliss-reactive ketones (excluding diaryl/α,β-unsaturated/α-hetero) is 2. The zero-order valence-corrected chi connectivity index (χ0v) is 24.9. The number of carbonyl (C=O) groups is 2. The van der Waals surface area contributed by atoms with Crippen molar-refractivity contribution >= 4 is 11.6 Å². The highest BCUT2D eigenvalue weighted by Gasteiger charge is 2.37. The SMILES string of the molecule is CC(C)(C(=O)c1ccc(Oc2ccc(Oc3ccc(C(=O)C(C)(C)N4CCOCC4)cc3)cc2)cc1)N1CCOCC1. The molecule has 2 aliphatic rings. The van der Waals surface area contributed by atoms with Crippen LogP contribution in [0.4, 0.5) is 0 Å². The highest BCUT2D eigenvalue weighted by atomic mass is 16.5. The van der Waals surface area contributed by atoms with E-state index in [0.717, 1.165) is 26.2 Å². The van der Waals surface area contributed by atoms with Crippen molar-refractivity contribution in [2.24, 2.45) is 0 Å². The zero-order valence-electron chi connectivity index (χ0n) is 24.9. The Balaban J connectivity index is 1.16. The van der Waals surface area contributed by atoms with Crippen LogP contribution in [-0.2, 0) is 9.47 Å². The van der Waals surface area contributed by atoms with Gasteiger partial charge in [0.05, 0.1) is 37.5 Å².